The lowest BCUT2D eigenvalue weighted by Gasteiger charge is -2.30. The van der Waals surface area contributed by atoms with Crippen molar-refractivity contribution in [2.24, 2.45) is 5.92 Å². The molecule has 0 aromatic heterocycles. The van der Waals surface area contributed by atoms with Crippen LogP contribution in [-0.2, 0) is 10.0 Å². The fourth-order valence-corrected chi connectivity index (χ4v) is 4.81. The molecule has 2 aromatic rings. The standard InChI is InChI=1S/C20H23NO3S/c1-15-8-9-16(2)19(14-15)20(22)17-10-12-21(13-11-17)25(23,24)18-6-4-3-5-7-18/h3-9,14,17H,10-13H2,1-2H3. The van der Waals surface area contributed by atoms with Crippen molar-refractivity contribution in [1.29, 1.82) is 0 Å². The van der Waals surface area contributed by atoms with Gasteiger partial charge in [0.2, 0.25) is 10.0 Å². The van der Waals surface area contributed by atoms with E-state index in [9.17, 15) is 13.2 Å². The van der Waals surface area contributed by atoms with Crippen LogP contribution in [-0.4, -0.2) is 31.6 Å². The van der Waals surface area contributed by atoms with Crippen LogP contribution in [0.15, 0.2) is 53.4 Å². The second-order valence-electron chi connectivity index (χ2n) is 6.67. The summed E-state index contributed by atoms with van der Waals surface area (Å²) in [6.07, 6.45) is 1.14. The van der Waals surface area contributed by atoms with Gasteiger partial charge >= 0.3 is 0 Å². The molecular weight excluding hydrogens is 334 g/mol. The number of rotatable bonds is 4. The number of piperidine rings is 1. The highest BCUT2D eigenvalue weighted by Gasteiger charge is 2.32. The Balaban J connectivity index is 1.72. The number of nitrogens with zero attached hydrogens (tertiary/aromatic N) is 1. The van der Waals surface area contributed by atoms with E-state index >= 15 is 0 Å². The highest BCUT2D eigenvalue weighted by molar-refractivity contribution is 7.89. The van der Waals surface area contributed by atoms with Gasteiger partial charge in [0.15, 0.2) is 5.78 Å². The molecule has 1 aliphatic heterocycles. The molecule has 0 unspecified atom stereocenters. The Morgan fingerprint density at radius 1 is 1.00 bits per heavy atom. The smallest absolute Gasteiger partial charge is 0.243 e. The summed E-state index contributed by atoms with van der Waals surface area (Å²) in [5, 5.41) is 0. The molecule has 0 spiro atoms. The molecule has 0 bridgehead atoms. The topological polar surface area (TPSA) is 54.5 Å². The van der Waals surface area contributed by atoms with Crippen molar-refractivity contribution in [2.45, 2.75) is 31.6 Å². The zero-order valence-electron chi connectivity index (χ0n) is 14.6. The normalized spacial score (nSPS) is 16.7. The number of hydrogen-bond acceptors (Lipinski definition) is 3. The molecule has 3 rings (SSSR count). The molecule has 0 atom stereocenters. The Labute approximate surface area is 149 Å². The molecule has 132 valence electrons. The van der Waals surface area contributed by atoms with Crippen molar-refractivity contribution < 1.29 is 13.2 Å². The zero-order chi connectivity index (χ0) is 18.0. The molecule has 5 heteroatoms. The molecule has 1 aliphatic rings. The van der Waals surface area contributed by atoms with E-state index in [1.807, 2.05) is 32.0 Å². The maximum atomic E-state index is 12.8. The van der Waals surface area contributed by atoms with Gasteiger partial charge in [0.1, 0.15) is 0 Å². The van der Waals surface area contributed by atoms with E-state index in [-0.39, 0.29) is 11.7 Å². The molecular formula is C20H23NO3S. The molecule has 1 fully saturated rings. The van der Waals surface area contributed by atoms with Gasteiger partial charge < -0.3 is 0 Å². The van der Waals surface area contributed by atoms with E-state index in [1.54, 1.807) is 30.3 Å². The molecule has 0 saturated carbocycles. The Kier molecular flexibility index (Phi) is 5.06. The van der Waals surface area contributed by atoms with Crippen LogP contribution in [0.25, 0.3) is 0 Å². The number of sulfonamides is 1. The summed E-state index contributed by atoms with van der Waals surface area (Å²) in [5.74, 6) is 0.0284. The molecule has 4 nitrogen and oxygen atoms in total. The number of Topliss-reactive ketones (excluding diaryl/α,β-unsaturated/α-hetero) is 1. The lowest BCUT2D eigenvalue weighted by Crippen LogP contribution is -2.40. The van der Waals surface area contributed by atoms with Crippen LogP contribution in [0.2, 0.25) is 0 Å². The Bertz CT molecular complexity index is 867. The number of aryl methyl sites for hydroxylation is 2. The third-order valence-corrected chi connectivity index (χ3v) is 6.78. The quantitative estimate of drug-likeness (QED) is 0.786. The minimum atomic E-state index is -3.47. The van der Waals surface area contributed by atoms with Gasteiger partial charge in [-0.3, -0.25) is 4.79 Å². The van der Waals surface area contributed by atoms with Gasteiger partial charge in [-0.2, -0.15) is 4.31 Å². The highest BCUT2D eigenvalue weighted by Crippen LogP contribution is 2.27. The third kappa shape index (κ3) is 3.67. The molecule has 2 aromatic carbocycles. The summed E-state index contributed by atoms with van der Waals surface area (Å²) in [7, 11) is -3.47. The van der Waals surface area contributed by atoms with Gasteiger partial charge in [0.05, 0.1) is 4.90 Å². The van der Waals surface area contributed by atoms with Crippen molar-refractivity contribution in [3.63, 3.8) is 0 Å². The van der Waals surface area contributed by atoms with E-state index in [0.29, 0.717) is 30.8 Å². The molecule has 25 heavy (non-hydrogen) atoms. The van der Waals surface area contributed by atoms with E-state index in [4.69, 9.17) is 0 Å². The highest BCUT2D eigenvalue weighted by atomic mass is 32.2. The van der Waals surface area contributed by atoms with Gasteiger partial charge in [0, 0.05) is 24.6 Å². The van der Waals surface area contributed by atoms with E-state index in [1.165, 1.54) is 4.31 Å². The van der Waals surface area contributed by atoms with Crippen LogP contribution >= 0.6 is 0 Å². The van der Waals surface area contributed by atoms with Gasteiger partial charge in [-0.1, -0.05) is 35.9 Å². The minimum Gasteiger partial charge on any atom is -0.294 e. The zero-order valence-corrected chi connectivity index (χ0v) is 15.4. The lowest BCUT2D eigenvalue weighted by atomic mass is 9.87. The maximum absolute atomic E-state index is 12.8. The van der Waals surface area contributed by atoms with Gasteiger partial charge in [-0.15, -0.1) is 0 Å². The number of carbonyl (C=O) groups is 1. The average molecular weight is 357 g/mol. The van der Waals surface area contributed by atoms with Crippen molar-refractivity contribution in [1.82, 2.24) is 4.31 Å². The first-order chi connectivity index (χ1) is 11.9. The number of benzene rings is 2. The summed E-state index contributed by atoms with van der Waals surface area (Å²) in [4.78, 5) is 13.1. The number of ketones is 1. The van der Waals surface area contributed by atoms with E-state index < -0.39 is 10.0 Å². The van der Waals surface area contributed by atoms with Crippen molar-refractivity contribution in [3.05, 3.63) is 65.2 Å². The molecule has 0 N–H and O–H groups in total. The number of carbonyl (C=O) groups excluding carboxylic acids is 1. The van der Waals surface area contributed by atoms with Crippen LogP contribution in [0, 0.1) is 19.8 Å². The second-order valence-corrected chi connectivity index (χ2v) is 8.61. The molecule has 1 heterocycles. The van der Waals surface area contributed by atoms with Gasteiger partial charge in [-0.25, -0.2) is 8.42 Å². The molecule has 0 amide bonds. The Hall–Kier alpha value is -1.98. The predicted molar refractivity (Wildman–Crippen MR) is 98.2 cm³/mol. The van der Waals surface area contributed by atoms with Gasteiger partial charge in [-0.05, 0) is 50.5 Å². The summed E-state index contributed by atoms with van der Waals surface area (Å²) in [6, 6.07) is 14.4. The summed E-state index contributed by atoms with van der Waals surface area (Å²) in [5.41, 5.74) is 2.82. The Morgan fingerprint density at radius 2 is 1.64 bits per heavy atom. The lowest BCUT2D eigenvalue weighted by molar-refractivity contribution is 0.0874. The molecule has 0 aliphatic carbocycles. The van der Waals surface area contributed by atoms with E-state index in [0.717, 1.165) is 16.7 Å². The van der Waals surface area contributed by atoms with Crippen molar-refractivity contribution in [3.8, 4) is 0 Å². The van der Waals surface area contributed by atoms with Crippen LogP contribution < -0.4 is 0 Å². The maximum Gasteiger partial charge on any atom is 0.243 e. The largest absolute Gasteiger partial charge is 0.294 e. The first-order valence-electron chi connectivity index (χ1n) is 8.56. The fraction of sp³-hybridized carbons (Fsp3) is 0.350. The van der Waals surface area contributed by atoms with Crippen LogP contribution in [0.3, 0.4) is 0 Å². The van der Waals surface area contributed by atoms with Crippen LogP contribution in [0.1, 0.15) is 34.3 Å². The molecule has 1 saturated heterocycles. The monoisotopic (exact) mass is 357 g/mol. The first kappa shape index (κ1) is 17.8. The van der Waals surface area contributed by atoms with E-state index in [2.05, 4.69) is 0 Å². The van der Waals surface area contributed by atoms with Crippen molar-refractivity contribution >= 4 is 15.8 Å². The van der Waals surface area contributed by atoms with Crippen LogP contribution in [0.4, 0.5) is 0 Å². The fourth-order valence-electron chi connectivity index (χ4n) is 3.32. The summed E-state index contributed by atoms with van der Waals surface area (Å²) >= 11 is 0. The number of hydrogen-bond donors (Lipinski definition) is 0. The summed E-state index contributed by atoms with van der Waals surface area (Å²) in [6.45, 7) is 4.70. The van der Waals surface area contributed by atoms with Crippen molar-refractivity contribution in [2.75, 3.05) is 13.1 Å². The first-order valence-corrected chi connectivity index (χ1v) is 10.0. The Morgan fingerprint density at radius 3 is 2.28 bits per heavy atom. The minimum absolute atomic E-state index is 0.109. The van der Waals surface area contributed by atoms with Gasteiger partial charge in [0.25, 0.3) is 0 Å². The van der Waals surface area contributed by atoms with Crippen LogP contribution in [0.5, 0.6) is 0 Å². The molecule has 0 radical (unpaired) electrons. The summed E-state index contributed by atoms with van der Waals surface area (Å²) < 4.78 is 26.8. The second kappa shape index (κ2) is 7.10. The average Bonchev–Trinajstić information content (AvgIpc) is 2.64. The predicted octanol–water partition coefficient (Wildman–Crippen LogP) is 3.59. The third-order valence-electron chi connectivity index (χ3n) is 4.86. The SMILES string of the molecule is Cc1ccc(C)c(C(=O)C2CCN(S(=O)(=O)c3ccccc3)CC2)c1.